The Hall–Kier alpha value is -2.18. The van der Waals surface area contributed by atoms with E-state index >= 15 is 0 Å². The predicted molar refractivity (Wildman–Crippen MR) is 78.3 cm³/mol. The van der Waals surface area contributed by atoms with Crippen molar-refractivity contribution >= 4 is 5.95 Å². The molecule has 0 amide bonds. The van der Waals surface area contributed by atoms with Gasteiger partial charge in [-0.15, -0.1) is 10.2 Å². The van der Waals surface area contributed by atoms with E-state index in [1.54, 1.807) is 19.4 Å². The molecule has 112 valence electrons. The Labute approximate surface area is 123 Å². The molecule has 0 bridgehead atoms. The van der Waals surface area contributed by atoms with Crippen LogP contribution in [0.5, 0.6) is 5.88 Å². The van der Waals surface area contributed by atoms with Gasteiger partial charge in [-0.25, -0.2) is 4.98 Å². The second-order valence-electron chi connectivity index (χ2n) is 5.20. The Bertz CT molecular complexity index is 598. The molecule has 7 heteroatoms. The predicted octanol–water partition coefficient (Wildman–Crippen LogP) is 1.31. The van der Waals surface area contributed by atoms with Crippen LogP contribution in [-0.4, -0.2) is 38.4 Å². The zero-order chi connectivity index (χ0) is 14.7. The minimum absolute atomic E-state index is 0.536. The third-order valence-electron chi connectivity index (χ3n) is 3.83. The fourth-order valence-corrected chi connectivity index (χ4v) is 2.66. The second kappa shape index (κ2) is 6.07. The molecule has 3 rings (SSSR count). The standard InChI is InChI=1S/C14H20N6O/c1-3-11-18-19-12-5-4-10(9-20(11)12)8-16-14-15-7-6-13(17-14)21-2/h6-7,10H,3-5,8-9H2,1-2H3,(H,15,16,17)/t10-/m1/s1. The highest BCUT2D eigenvalue weighted by Crippen LogP contribution is 2.20. The van der Waals surface area contributed by atoms with Crippen LogP contribution >= 0.6 is 0 Å². The van der Waals surface area contributed by atoms with Gasteiger partial charge in [0.2, 0.25) is 11.8 Å². The number of nitrogens with one attached hydrogen (secondary N) is 1. The van der Waals surface area contributed by atoms with Crippen molar-refractivity contribution in [2.24, 2.45) is 5.92 Å². The van der Waals surface area contributed by atoms with Gasteiger partial charge in [-0.2, -0.15) is 4.98 Å². The van der Waals surface area contributed by atoms with Gasteiger partial charge in [-0.3, -0.25) is 0 Å². The fourth-order valence-electron chi connectivity index (χ4n) is 2.66. The average molecular weight is 288 g/mol. The van der Waals surface area contributed by atoms with Crippen LogP contribution in [0.3, 0.4) is 0 Å². The highest BCUT2D eigenvalue weighted by atomic mass is 16.5. The van der Waals surface area contributed by atoms with Crippen molar-refractivity contribution in [1.29, 1.82) is 0 Å². The van der Waals surface area contributed by atoms with Crippen molar-refractivity contribution < 1.29 is 4.74 Å². The lowest BCUT2D eigenvalue weighted by atomic mass is 9.99. The molecule has 2 aromatic heterocycles. The molecule has 1 aliphatic heterocycles. The maximum Gasteiger partial charge on any atom is 0.225 e. The number of fused-ring (bicyclic) bond motifs is 1. The molecule has 2 aromatic rings. The van der Waals surface area contributed by atoms with Crippen molar-refractivity contribution in [1.82, 2.24) is 24.7 Å². The topological polar surface area (TPSA) is 77.8 Å². The highest BCUT2D eigenvalue weighted by molar-refractivity contribution is 5.27. The smallest absolute Gasteiger partial charge is 0.225 e. The molecule has 21 heavy (non-hydrogen) atoms. The molecule has 0 saturated heterocycles. The van der Waals surface area contributed by atoms with Crippen molar-refractivity contribution in [3.8, 4) is 5.88 Å². The van der Waals surface area contributed by atoms with E-state index in [0.717, 1.165) is 44.0 Å². The first-order valence-corrected chi connectivity index (χ1v) is 7.32. The molecule has 1 atom stereocenters. The summed E-state index contributed by atoms with van der Waals surface area (Å²) >= 11 is 0. The van der Waals surface area contributed by atoms with E-state index in [1.165, 1.54) is 0 Å². The Morgan fingerprint density at radius 2 is 2.33 bits per heavy atom. The summed E-state index contributed by atoms with van der Waals surface area (Å²) in [6, 6.07) is 1.74. The Balaban J connectivity index is 1.61. The molecule has 0 fully saturated rings. The number of anilines is 1. The van der Waals surface area contributed by atoms with Gasteiger partial charge in [0, 0.05) is 38.2 Å². The van der Waals surface area contributed by atoms with E-state index in [2.05, 4.69) is 37.0 Å². The summed E-state index contributed by atoms with van der Waals surface area (Å²) < 4.78 is 7.35. The van der Waals surface area contributed by atoms with Crippen LogP contribution in [0, 0.1) is 5.92 Å². The Kier molecular flexibility index (Phi) is 3.98. The molecule has 1 aliphatic rings. The van der Waals surface area contributed by atoms with E-state index in [-0.39, 0.29) is 0 Å². The average Bonchev–Trinajstić information content (AvgIpc) is 2.95. The van der Waals surface area contributed by atoms with Crippen molar-refractivity contribution in [2.75, 3.05) is 19.0 Å². The maximum absolute atomic E-state index is 5.10. The van der Waals surface area contributed by atoms with Crippen LogP contribution in [0.15, 0.2) is 12.3 Å². The number of ether oxygens (including phenoxy) is 1. The highest BCUT2D eigenvalue weighted by Gasteiger charge is 2.22. The van der Waals surface area contributed by atoms with Gasteiger partial charge in [-0.05, 0) is 12.3 Å². The van der Waals surface area contributed by atoms with Gasteiger partial charge in [0.05, 0.1) is 7.11 Å². The van der Waals surface area contributed by atoms with E-state index in [1.807, 2.05) is 0 Å². The minimum Gasteiger partial charge on any atom is -0.481 e. The molecule has 0 aliphatic carbocycles. The number of rotatable bonds is 5. The van der Waals surface area contributed by atoms with Gasteiger partial charge >= 0.3 is 0 Å². The van der Waals surface area contributed by atoms with E-state index in [4.69, 9.17) is 4.74 Å². The summed E-state index contributed by atoms with van der Waals surface area (Å²) in [6.45, 7) is 3.92. The van der Waals surface area contributed by atoms with Crippen molar-refractivity contribution in [3.63, 3.8) is 0 Å². The monoisotopic (exact) mass is 288 g/mol. The van der Waals surface area contributed by atoms with Crippen LogP contribution in [0.1, 0.15) is 25.0 Å². The summed E-state index contributed by atoms with van der Waals surface area (Å²) in [5, 5.41) is 11.8. The first-order valence-electron chi connectivity index (χ1n) is 7.32. The SMILES string of the molecule is CCc1nnc2n1C[C@@H](CNc1nccc(OC)n1)CC2. The third-order valence-corrected chi connectivity index (χ3v) is 3.83. The van der Waals surface area contributed by atoms with Gasteiger partial charge in [0.25, 0.3) is 0 Å². The lowest BCUT2D eigenvalue weighted by Crippen LogP contribution is -2.27. The summed E-state index contributed by atoms with van der Waals surface area (Å²) in [6.07, 6.45) is 4.71. The first kappa shape index (κ1) is 13.8. The number of aromatic nitrogens is 5. The number of hydrogen-bond donors (Lipinski definition) is 1. The van der Waals surface area contributed by atoms with Crippen LogP contribution in [0.25, 0.3) is 0 Å². The molecule has 0 saturated carbocycles. The van der Waals surface area contributed by atoms with Crippen molar-refractivity contribution in [2.45, 2.75) is 32.7 Å². The lowest BCUT2D eigenvalue weighted by Gasteiger charge is -2.24. The quantitative estimate of drug-likeness (QED) is 0.894. The molecule has 7 nitrogen and oxygen atoms in total. The molecule has 0 radical (unpaired) electrons. The van der Waals surface area contributed by atoms with Crippen LogP contribution < -0.4 is 10.1 Å². The van der Waals surface area contributed by atoms with Gasteiger partial charge in [0.1, 0.15) is 11.6 Å². The zero-order valence-corrected chi connectivity index (χ0v) is 12.4. The minimum atomic E-state index is 0.536. The largest absolute Gasteiger partial charge is 0.481 e. The van der Waals surface area contributed by atoms with Crippen molar-refractivity contribution in [3.05, 3.63) is 23.9 Å². The number of aryl methyl sites for hydroxylation is 2. The molecular weight excluding hydrogens is 268 g/mol. The zero-order valence-electron chi connectivity index (χ0n) is 12.4. The van der Waals surface area contributed by atoms with Crippen LogP contribution in [-0.2, 0) is 19.4 Å². The molecule has 1 N–H and O–H groups in total. The molecule has 0 spiro atoms. The summed E-state index contributed by atoms with van der Waals surface area (Å²) in [7, 11) is 1.60. The second-order valence-corrected chi connectivity index (χ2v) is 5.20. The summed E-state index contributed by atoms with van der Waals surface area (Å²) in [5.41, 5.74) is 0. The number of nitrogens with zero attached hydrogens (tertiary/aromatic N) is 5. The lowest BCUT2D eigenvalue weighted by molar-refractivity contribution is 0.373. The molecule has 3 heterocycles. The third kappa shape index (κ3) is 2.96. The molecule has 0 unspecified atom stereocenters. The molecular formula is C14H20N6O. The van der Waals surface area contributed by atoms with Gasteiger partial charge < -0.3 is 14.6 Å². The normalized spacial score (nSPS) is 17.3. The van der Waals surface area contributed by atoms with E-state index in [0.29, 0.717) is 17.7 Å². The van der Waals surface area contributed by atoms with Gasteiger partial charge in [0.15, 0.2) is 0 Å². The Morgan fingerprint density at radius 1 is 1.43 bits per heavy atom. The first-order chi connectivity index (χ1) is 10.3. The number of hydrogen-bond acceptors (Lipinski definition) is 6. The van der Waals surface area contributed by atoms with Crippen LogP contribution in [0.4, 0.5) is 5.95 Å². The summed E-state index contributed by atoms with van der Waals surface area (Å²) in [4.78, 5) is 8.47. The van der Waals surface area contributed by atoms with E-state index in [9.17, 15) is 0 Å². The molecule has 0 aromatic carbocycles. The Morgan fingerprint density at radius 3 is 3.14 bits per heavy atom. The summed E-state index contributed by atoms with van der Waals surface area (Å²) in [5.74, 6) is 3.91. The maximum atomic E-state index is 5.10. The fraction of sp³-hybridized carbons (Fsp3) is 0.571. The van der Waals surface area contributed by atoms with Crippen LogP contribution in [0.2, 0.25) is 0 Å². The van der Waals surface area contributed by atoms with Gasteiger partial charge in [-0.1, -0.05) is 6.92 Å². The van der Waals surface area contributed by atoms with E-state index < -0.39 is 0 Å². The number of methoxy groups -OCH3 is 1.